The largest absolute Gasteiger partial charge is 0.507 e. The third-order valence-corrected chi connectivity index (χ3v) is 3.53. The van der Waals surface area contributed by atoms with Crippen LogP contribution in [0.25, 0.3) is 0 Å². The molecule has 18 heavy (non-hydrogen) atoms. The Labute approximate surface area is 109 Å². The van der Waals surface area contributed by atoms with Crippen LogP contribution in [0.1, 0.15) is 43.6 Å². The molecule has 0 saturated heterocycles. The number of rotatable bonds is 3. The second-order valence-corrected chi connectivity index (χ2v) is 5.95. The van der Waals surface area contributed by atoms with Crippen LogP contribution < -0.4 is 5.32 Å². The van der Waals surface area contributed by atoms with Crippen molar-refractivity contribution >= 4 is 5.91 Å². The number of benzene rings is 1. The molecule has 0 fully saturated rings. The van der Waals surface area contributed by atoms with Crippen LogP contribution in [0.5, 0.6) is 5.75 Å². The van der Waals surface area contributed by atoms with E-state index in [-0.39, 0.29) is 17.1 Å². The van der Waals surface area contributed by atoms with E-state index < -0.39 is 0 Å². The number of para-hydroxylation sites is 1. The minimum Gasteiger partial charge on any atom is -0.507 e. The van der Waals surface area contributed by atoms with Gasteiger partial charge in [-0.25, -0.2) is 0 Å². The first kappa shape index (κ1) is 14.6. The molecular formula is C15H23NO2. The van der Waals surface area contributed by atoms with Crippen LogP contribution >= 0.6 is 0 Å². The van der Waals surface area contributed by atoms with Gasteiger partial charge in [0.05, 0.1) is 5.56 Å². The van der Waals surface area contributed by atoms with Gasteiger partial charge in [0, 0.05) is 6.54 Å². The number of aryl methyl sites for hydroxylation is 1. The van der Waals surface area contributed by atoms with Crippen LogP contribution in [0.4, 0.5) is 0 Å². The van der Waals surface area contributed by atoms with Crippen molar-refractivity contribution in [3.63, 3.8) is 0 Å². The molecule has 0 spiro atoms. The van der Waals surface area contributed by atoms with E-state index in [1.165, 1.54) is 0 Å². The van der Waals surface area contributed by atoms with Crippen molar-refractivity contribution in [1.29, 1.82) is 0 Å². The summed E-state index contributed by atoms with van der Waals surface area (Å²) in [5, 5.41) is 12.7. The summed E-state index contributed by atoms with van der Waals surface area (Å²) in [6, 6.07) is 5.19. The van der Waals surface area contributed by atoms with Gasteiger partial charge in [-0.3, -0.25) is 4.79 Å². The maximum absolute atomic E-state index is 12.0. The van der Waals surface area contributed by atoms with Crippen molar-refractivity contribution in [3.8, 4) is 5.75 Å². The normalized spacial score (nSPS) is 13.2. The average molecular weight is 249 g/mol. The highest BCUT2D eigenvalue weighted by molar-refractivity contribution is 5.97. The van der Waals surface area contributed by atoms with E-state index in [1.54, 1.807) is 25.1 Å². The molecule has 0 saturated carbocycles. The number of carbonyl (C=O) groups excluding carboxylic acids is 1. The zero-order valence-corrected chi connectivity index (χ0v) is 11.9. The van der Waals surface area contributed by atoms with Crippen molar-refractivity contribution < 1.29 is 9.90 Å². The van der Waals surface area contributed by atoms with Crippen molar-refractivity contribution in [1.82, 2.24) is 5.32 Å². The van der Waals surface area contributed by atoms with Crippen LogP contribution in [0.3, 0.4) is 0 Å². The highest BCUT2D eigenvalue weighted by atomic mass is 16.3. The predicted octanol–water partition coefficient (Wildman–Crippen LogP) is 3.11. The number of phenols is 1. The van der Waals surface area contributed by atoms with Gasteiger partial charge in [0.2, 0.25) is 0 Å². The molecule has 1 rings (SSSR count). The fourth-order valence-electron chi connectivity index (χ4n) is 1.49. The zero-order valence-electron chi connectivity index (χ0n) is 11.9. The van der Waals surface area contributed by atoms with Crippen molar-refractivity contribution in [2.75, 3.05) is 6.54 Å². The molecule has 1 unspecified atom stereocenters. The summed E-state index contributed by atoms with van der Waals surface area (Å²) in [7, 11) is 0. The quantitative estimate of drug-likeness (QED) is 0.864. The van der Waals surface area contributed by atoms with E-state index in [1.807, 2.05) is 0 Å². The molecule has 3 nitrogen and oxygen atoms in total. The van der Waals surface area contributed by atoms with Crippen molar-refractivity contribution in [2.45, 2.75) is 34.6 Å². The van der Waals surface area contributed by atoms with E-state index >= 15 is 0 Å². The molecule has 2 N–H and O–H groups in total. The summed E-state index contributed by atoms with van der Waals surface area (Å²) in [6.45, 7) is 10.9. The molecule has 0 aliphatic carbocycles. The zero-order chi connectivity index (χ0) is 13.9. The summed E-state index contributed by atoms with van der Waals surface area (Å²) in [6.07, 6.45) is 0. The lowest BCUT2D eigenvalue weighted by atomic mass is 9.82. The summed E-state index contributed by atoms with van der Waals surface area (Å²) in [5.41, 5.74) is 1.21. The first-order chi connectivity index (χ1) is 8.23. The summed E-state index contributed by atoms with van der Waals surface area (Å²) in [4.78, 5) is 12.0. The highest BCUT2D eigenvalue weighted by Gasteiger charge is 2.21. The number of hydrogen-bond acceptors (Lipinski definition) is 2. The number of nitrogens with one attached hydrogen (secondary N) is 1. The first-order valence-electron chi connectivity index (χ1n) is 6.30. The van der Waals surface area contributed by atoms with Crippen LogP contribution in [-0.2, 0) is 0 Å². The minimum absolute atomic E-state index is 0.0680. The monoisotopic (exact) mass is 249 g/mol. The van der Waals surface area contributed by atoms with Gasteiger partial charge in [0.15, 0.2) is 0 Å². The molecule has 0 radical (unpaired) electrons. The summed E-state index contributed by atoms with van der Waals surface area (Å²) in [5.74, 6) is 0.221. The Balaban J connectivity index is 2.70. The molecule has 1 atom stereocenters. The maximum atomic E-state index is 12.0. The topological polar surface area (TPSA) is 49.3 Å². The molecule has 0 aliphatic rings. The van der Waals surface area contributed by atoms with Gasteiger partial charge in [0.1, 0.15) is 5.75 Å². The van der Waals surface area contributed by atoms with Crippen LogP contribution in [-0.4, -0.2) is 17.6 Å². The Morgan fingerprint density at radius 3 is 2.56 bits per heavy atom. The number of amides is 1. The van der Waals surface area contributed by atoms with Crippen molar-refractivity contribution in [3.05, 3.63) is 29.3 Å². The Bertz CT molecular complexity index is 433. The Hall–Kier alpha value is -1.51. The fraction of sp³-hybridized carbons (Fsp3) is 0.533. The third-order valence-electron chi connectivity index (χ3n) is 3.53. The number of phenolic OH excluding ortho intramolecular Hbond substituents is 1. The Morgan fingerprint density at radius 2 is 2.00 bits per heavy atom. The van der Waals surface area contributed by atoms with E-state index in [2.05, 4.69) is 33.0 Å². The van der Waals surface area contributed by atoms with E-state index in [0.29, 0.717) is 23.6 Å². The SMILES string of the molecule is Cc1cccc(C(=O)NCC(C)C(C)(C)C)c1O. The standard InChI is InChI=1S/C15H23NO2/c1-10-7-6-8-12(13(10)17)14(18)16-9-11(2)15(3,4)5/h6-8,11,17H,9H2,1-5H3,(H,16,18). The van der Waals surface area contributed by atoms with Gasteiger partial charge in [-0.15, -0.1) is 0 Å². The average Bonchev–Trinajstić information content (AvgIpc) is 2.27. The van der Waals surface area contributed by atoms with Gasteiger partial charge in [0.25, 0.3) is 5.91 Å². The molecule has 100 valence electrons. The van der Waals surface area contributed by atoms with Gasteiger partial charge in [-0.1, -0.05) is 39.8 Å². The Kier molecular flexibility index (Phi) is 4.38. The number of aromatic hydroxyl groups is 1. The lowest BCUT2D eigenvalue weighted by Gasteiger charge is -2.27. The van der Waals surface area contributed by atoms with E-state index in [4.69, 9.17) is 0 Å². The molecule has 0 heterocycles. The van der Waals surface area contributed by atoms with Gasteiger partial charge >= 0.3 is 0 Å². The molecular weight excluding hydrogens is 226 g/mol. The lowest BCUT2D eigenvalue weighted by molar-refractivity contribution is 0.0934. The first-order valence-corrected chi connectivity index (χ1v) is 6.30. The number of carbonyl (C=O) groups is 1. The minimum atomic E-state index is -0.215. The number of hydrogen-bond donors (Lipinski definition) is 2. The molecule has 0 aliphatic heterocycles. The molecule has 3 heteroatoms. The second kappa shape index (κ2) is 5.42. The molecule has 1 aromatic rings. The molecule has 0 aromatic heterocycles. The fourth-order valence-corrected chi connectivity index (χ4v) is 1.49. The van der Waals surface area contributed by atoms with E-state index in [0.717, 1.165) is 0 Å². The van der Waals surface area contributed by atoms with Crippen LogP contribution in [0.15, 0.2) is 18.2 Å². The van der Waals surface area contributed by atoms with Gasteiger partial charge in [-0.05, 0) is 29.9 Å². The predicted molar refractivity (Wildman–Crippen MR) is 73.8 cm³/mol. The second-order valence-electron chi connectivity index (χ2n) is 5.95. The lowest BCUT2D eigenvalue weighted by Crippen LogP contribution is -2.33. The smallest absolute Gasteiger partial charge is 0.255 e. The van der Waals surface area contributed by atoms with E-state index in [9.17, 15) is 9.90 Å². The third kappa shape index (κ3) is 3.49. The molecule has 0 bridgehead atoms. The van der Waals surface area contributed by atoms with Crippen LogP contribution in [0.2, 0.25) is 0 Å². The molecule has 1 amide bonds. The van der Waals surface area contributed by atoms with Crippen molar-refractivity contribution in [2.24, 2.45) is 11.3 Å². The maximum Gasteiger partial charge on any atom is 0.255 e. The summed E-state index contributed by atoms with van der Waals surface area (Å²) < 4.78 is 0. The molecule has 1 aromatic carbocycles. The van der Waals surface area contributed by atoms with Gasteiger partial charge in [-0.2, -0.15) is 0 Å². The Morgan fingerprint density at radius 1 is 1.39 bits per heavy atom. The van der Waals surface area contributed by atoms with Crippen LogP contribution in [0, 0.1) is 18.3 Å². The highest BCUT2D eigenvalue weighted by Crippen LogP contribution is 2.25. The van der Waals surface area contributed by atoms with Gasteiger partial charge < -0.3 is 10.4 Å². The summed E-state index contributed by atoms with van der Waals surface area (Å²) >= 11 is 0.